The number of carbonyl (C=O) groups is 2. The molecule has 4 heteroatoms. The van der Waals surface area contributed by atoms with Gasteiger partial charge in [-0.1, -0.05) is 97.1 Å². The van der Waals surface area contributed by atoms with E-state index >= 15 is 0 Å². The van der Waals surface area contributed by atoms with Crippen molar-refractivity contribution in [2.45, 2.75) is 32.5 Å². The van der Waals surface area contributed by atoms with Crippen molar-refractivity contribution in [1.82, 2.24) is 0 Å². The standard InChI is InChI=1S/C31H28O4/c1-22-13-9-11-19-26(22)34-28(30(32)24-15-5-3-6-16-24)21-29(31(33)25-17-7-4-8-18-25)35-27-20-12-10-14-23(27)2/h3-20,28-29H,21H2,1-2H3. The molecule has 0 aliphatic rings. The summed E-state index contributed by atoms with van der Waals surface area (Å²) in [5.41, 5.74) is 2.86. The van der Waals surface area contributed by atoms with E-state index in [1.54, 1.807) is 24.3 Å². The molecule has 0 aliphatic heterocycles. The summed E-state index contributed by atoms with van der Waals surface area (Å²) in [4.78, 5) is 27.2. The number of para-hydroxylation sites is 2. The summed E-state index contributed by atoms with van der Waals surface area (Å²) in [6.45, 7) is 3.85. The van der Waals surface area contributed by atoms with Crippen molar-refractivity contribution in [3.8, 4) is 11.5 Å². The van der Waals surface area contributed by atoms with Crippen molar-refractivity contribution >= 4 is 11.6 Å². The van der Waals surface area contributed by atoms with Crippen molar-refractivity contribution in [3.63, 3.8) is 0 Å². The predicted octanol–water partition coefficient (Wildman–Crippen LogP) is 6.65. The summed E-state index contributed by atoms with van der Waals surface area (Å²) in [5, 5.41) is 0. The summed E-state index contributed by atoms with van der Waals surface area (Å²) in [6, 6.07) is 33.1. The lowest BCUT2D eigenvalue weighted by molar-refractivity contribution is 0.0586. The first-order valence-electron chi connectivity index (χ1n) is 11.7. The highest BCUT2D eigenvalue weighted by molar-refractivity contribution is 6.02. The smallest absolute Gasteiger partial charge is 0.203 e. The summed E-state index contributed by atoms with van der Waals surface area (Å²) in [7, 11) is 0. The molecule has 0 amide bonds. The van der Waals surface area contributed by atoms with E-state index in [9.17, 15) is 9.59 Å². The second kappa shape index (κ2) is 11.3. The van der Waals surface area contributed by atoms with Crippen LogP contribution in [0.3, 0.4) is 0 Å². The average Bonchev–Trinajstić information content (AvgIpc) is 2.90. The molecule has 0 saturated carbocycles. The number of ketones is 2. The van der Waals surface area contributed by atoms with E-state index in [4.69, 9.17) is 9.47 Å². The van der Waals surface area contributed by atoms with Gasteiger partial charge in [-0.25, -0.2) is 0 Å². The highest BCUT2D eigenvalue weighted by Crippen LogP contribution is 2.26. The highest BCUT2D eigenvalue weighted by atomic mass is 16.5. The summed E-state index contributed by atoms with van der Waals surface area (Å²) < 4.78 is 12.5. The topological polar surface area (TPSA) is 52.6 Å². The Kier molecular flexibility index (Phi) is 7.74. The van der Waals surface area contributed by atoms with Gasteiger partial charge in [-0.2, -0.15) is 0 Å². The van der Waals surface area contributed by atoms with E-state index in [-0.39, 0.29) is 18.0 Å². The van der Waals surface area contributed by atoms with Gasteiger partial charge in [0.15, 0.2) is 12.2 Å². The van der Waals surface area contributed by atoms with Gasteiger partial charge in [-0.3, -0.25) is 9.59 Å². The van der Waals surface area contributed by atoms with Crippen LogP contribution in [-0.2, 0) is 0 Å². The van der Waals surface area contributed by atoms with E-state index in [0.717, 1.165) is 11.1 Å². The lowest BCUT2D eigenvalue weighted by atomic mass is 9.96. The van der Waals surface area contributed by atoms with Crippen LogP contribution in [0.25, 0.3) is 0 Å². The van der Waals surface area contributed by atoms with Crippen molar-refractivity contribution in [1.29, 1.82) is 0 Å². The Hall–Kier alpha value is -4.18. The van der Waals surface area contributed by atoms with Crippen LogP contribution in [0.2, 0.25) is 0 Å². The Morgan fingerprint density at radius 1 is 0.543 bits per heavy atom. The first-order valence-corrected chi connectivity index (χ1v) is 11.7. The van der Waals surface area contributed by atoms with Crippen LogP contribution in [0.15, 0.2) is 109 Å². The Morgan fingerprint density at radius 2 is 0.886 bits per heavy atom. The molecule has 4 rings (SSSR count). The number of hydrogen-bond acceptors (Lipinski definition) is 4. The van der Waals surface area contributed by atoms with Crippen molar-refractivity contribution in [2.75, 3.05) is 0 Å². The molecule has 176 valence electrons. The molecule has 0 aromatic heterocycles. The molecule has 4 aromatic rings. The van der Waals surface area contributed by atoms with Crippen LogP contribution in [0.5, 0.6) is 11.5 Å². The summed E-state index contributed by atoms with van der Waals surface area (Å²) in [6.07, 6.45) is -1.77. The Bertz CT molecular complexity index is 1180. The van der Waals surface area contributed by atoms with Gasteiger partial charge < -0.3 is 9.47 Å². The van der Waals surface area contributed by atoms with Gasteiger partial charge in [0.2, 0.25) is 11.6 Å². The minimum Gasteiger partial charge on any atom is -0.482 e. The van der Waals surface area contributed by atoms with Crippen LogP contribution in [-0.4, -0.2) is 23.8 Å². The van der Waals surface area contributed by atoms with Crippen molar-refractivity contribution in [3.05, 3.63) is 131 Å². The van der Waals surface area contributed by atoms with Crippen LogP contribution in [0.1, 0.15) is 38.3 Å². The number of Topliss-reactive ketones (excluding diaryl/α,β-unsaturated/α-hetero) is 2. The third kappa shape index (κ3) is 6.04. The molecule has 4 aromatic carbocycles. The third-order valence-corrected chi connectivity index (χ3v) is 5.86. The number of benzene rings is 4. The quantitative estimate of drug-likeness (QED) is 0.246. The minimum atomic E-state index is -0.916. The monoisotopic (exact) mass is 464 g/mol. The normalized spacial score (nSPS) is 12.4. The molecule has 2 unspecified atom stereocenters. The SMILES string of the molecule is Cc1ccccc1OC(CC(Oc1ccccc1C)C(=O)c1ccccc1)C(=O)c1ccccc1. The maximum Gasteiger partial charge on any atom is 0.203 e. The van der Waals surface area contributed by atoms with Gasteiger partial charge in [0.05, 0.1) is 0 Å². The molecule has 2 atom stereocenters. The number of ether oxygens (including phenoxy) is 2. The number of aryl methyl sites for hydroxylation is 2. The highest BCUT2D eigenvalue weighted by Gasteiger charge is 2.32. The zero-order valence-corrected chi connectivity index (χ0v) is 19.9. The van der Waals surface area contributed by atoms with Crippen LogP contribution in [0.4, 0.5) is 0 Å². The van der Waals surface area contributed by atoms with Gasteiger partial charge in [0, 0.05) is 17.5 Å². The molecule has 0 spiro atoms. The third-order valence-electron chi connectivity index (χ3n) is 5.86. The van der Waals surface area contributed by atoms with Crippen molar-refractivity contribution < 1.29 is 19.1 Å². The molecule has 0 aliphatic carbocycles. The largest absolute Gasteiger partial charge is 0.482 e. The molecular weight excluding hydrogens is 436 g/mol. The van der Waals surface area contributed by atoms with Crippen molar-refractivity contribution in [2.24, 2.45) is 0 Å². The maximum absolute atomic E-state index is 13.6. The Balaban J connectivity index is 1.70. The predicted molar refractivity (Wildman–Crippen MR) is 137 cm³/mol. The van der Waals surface area contributed by atoms with Crippen LogP contribution >= 0.6 is 0 Å². The van der Waals surface area contributed by atoms with E-state index in [1.807, 2.05) is 98.8 Å². The van der Waals surface area contributed by atoms with Gasteiger partial charge >= 0.3 is 0 Å². The zero-order valence-electron chi connectivity index (χ0n) is 19.9. The first kappa shape index (κ1) is 24.0. The van der Waals surface area contributed by atoms with E-state index in [1.165, 1.54) is 0 Å². The average molecular weight is 465 g/mol. The first-order chi connectivity index (χ1) is 17.0. The fourth-order valence-electron chi connectivity index (χ4n) is 3.87. The summed E-state index contributed by atoms with van der Waals surface area (Å²) in [5.74, 6) is 0.799. The lowest BCUT2D eigenvalue weighted by Crippen LogP contribution is -2.38. The van der Waals surface area contributed by atoms with Crippen LogP contribution in [0, 0.1) is 13.8 Å². The molecule has 0 bridgehead atoms. The Morgan fingerprint density at radius 3 is 1.26 bits per heavy atom. The van der Waals surface area contributed by atoms with Gasteiger partial charge in [0.1, 0.15) is 11.5 Å². The van der Waals surface area contributed by atoms with Gasteiger partial charge in [-0.05, 0) is 37.1 Å². The second-order valence-corrected chi connectivity index (χ2v) is 8.44. The minimum absolute atomic E-state index is 0.0596. The molecular formula is C31H28O4. The molecule has 0 heterocycles. The zero-order chi connectivity index (χ0) is 24.6. The number of hydrogen-bond donors (Lipinski definition) is 0. The number of rotatable bonds is 10. The summed E-state index contributed by atoms with van der Waals surface area (Å²) >= 11 is 0. The van der Waals surface area contributed by atoms with E-state index < -0.39 is 12.2 Å². The molecule has 0 N–H and O–H groups in total. The number of carbonyl (C=O) groups excluding carboxylic acids is 2. The molecule has 35 heavy (non-hydrogen) atoms. The van der Waals surface area contributed by atoms with E-state index in [0.29, 0.717) is 22.6 Å². The molecule has 0 fully saturated rings. The van der Waals surface area contributed by atoms with E-state index in [2.05, 4.69) is 0 Å². The Labute approximate surface area is 206 Å². The lowest BCUT2D eigenvalue weighted by Gasteiger charge is -2.25. The maximum atomic E-state index is 13.6. The van der Waals surface area contributed by atoms with Crippen LogP contribution < -0.4 is 9.47 Å². The second-order valence-electron chi connectivity index (χ2n) is 8.44. The van der Waals surface area contributed by atoms with Gasteiger partial charge in [-0.15, -0.1) is 0 Å². The fraction of sp³-hybridized carbons (Fsp3) is 0.161. The molecule has 4 nitrogen and oxygen atoms in total. The van der Waals surface area contributed by atoms with Gasteiger partial charge in [0.25, 0.3) is 0 Å². The fourth-order valence-corrected chi connectivity index (χ4v) is 3.87. The molecule has 0 saturated heterocycles. The molecule has 0 radical (unpaired) electrons.